The Kier molecular flexibility index (Phi) is 6.26. The molecule has 1 N–H and O–H groups in total. The Labute approximate surface area is 85.6 Å². The summed E-state index contributed by atoms with van der Waals surface area (Å²) in [7, 11) is 0. The lowest BCUT2D eigenvalue weighted by atomic mass is 10.4. The Hall–Kier alpha value is -0.820. The van der Waals surface area contributed by atoms with Crippen molar-refractivity contribution in [3.8, 4) is 0 Å². The van der Waals surface area contributed by atoms with Gasteiger partial charge in [-0.2, -0.15) is 13.2 Å². The summed E-state index contributed by atoms with van der Waals surface area (Å²) in [4.78, 5) is 12.4. The van der Waals surface area contributed by atoms with E-state index >= 15 is 0 Å². The average Bonchev–Trinajstić information content (AvgIpc) is 2.11. The highest BCUT2D eigenvalue weighted by molar-refractivity contribution is 5.77. The van der Waals surface area contributed by atoms with Crippen molar-refractivity contribution in [1.82, 2.24) is 4.90 Å². The molecule has 0 aliphatic heterocycles. The molecule has 0 unspecified atom stereocenters. The number of alkyl halides is 3. The summed E-state index contributed by atoms with van der Waals surface area (Å²) in [5, 5.41) is 8.56. The van der Waals surface area contributed by atoms with E-state index in [-0.39, 0.29) is 13.2 Å². The molecule has 0 saturated heterocycles. The molecule has 0 aromatic rings. The number of aliphatic hydroxyl groups is 1. The van der Waals surface area contributed by atoms with Crippen LogP contribution in [0.1, 0.15) is 6.92 Å². The molecular weight excluding hydrogens is 215 g/mol. The van der Waals surface area contributed by atoms with Crippen LogP contribution in [0.15, 0.2) is 0 Å². The molecule has 0 atom stereocenters. The molecule has 0 aromatic carbocycles. The number of nitrogens with zero attached hydrogens (tertiary/aromatic N) is 1. The summed E-state index contributed by atoms with van der Waals surface area (Å²) in [6, 6.07) is 0. The second-order valence-electron chi connectivity index (χ2n) is 2.80. The van der Waals surface area contributed by atoms with Crippen molar-refractivity contribution in [2.45, 2.75) is 13.1 Å². The van der Waals surface area contributed by atoms with E-state index in [0.717, 1.165) is 0 Å². The largest absolute Gasteiger partial charge is 0.411 e. The minimum Gasteiger partial charge on any atom is -0.395 e. The number of carbonyl (C=O) groups excluding carboxylic acids is 1. The van der Waals surface area contributed by atoms with Crippen LogP contribution in [-0.2, 0) is 9.53 Å². The lowest BCUT2D eigenvalue weighted by Crippen LogP contribution is -2.36. The number of halogens is 3. The normalized spacial score (nSPS) is 11.5. The van der Waals surface area contributed by atoms with Gasteiger partial charge in [-0.3, -0.25) is 4.79 Å². The van der Waals surface area contributed by atoms with Crippen molar-refractivity contribution in [2.24, 2.45) is 0 Å². The van der Waals surface area contributed by atoms with E-state index in [1.165, 1.54) is 4.90 Å². The molecule has 4 nitrogen and oxygen atoms in total. The quantitative estimate of drug-likeness (QED) is 0.717. The molecule has 1 amide bonds. The molecule has 90 valence electrons. The lowest BCUT2D eigenvalue weighted by molar-refractivity contribution is -0.177. The number of aliphatic hydroxyl groups excluding tert-OH is 1. The monoisotopic (exact) mass is 229 g/mol. The van der Waals surface area contributed by atoms with E-state index < -0.39 is 25.3 Å². The molecule has 0 radical (unpaired) electrons. The number of hydrogen-bond acceptors (Lipinski definition) is 3. The first kappa shape index (κ1) is 14.2. The molecule has 0 fully saturated rings. The van der Waals surface area contributed by atoms with Gasteiger partial charge in [0.2, 0.25) is 5.91 Å². The average molecular weight is 229 g/mol. The van der Waals surface area contributed by atoms with Gasteiger partial charge in [-0.15, -0.1) is 0 Å². The summed E-state index contributed by atoms with van der Waals surface area (Å²) in [5.41, 5.74) is 0. The third-order valence-corrected chi connectivity index (χ3v) is 1.60. The van der Waals surface area contributed by atoms with Crippen LogP contribution in [-0.4, -0.2) is 55.0 Å². The second kappa shape index (κ2) is 6.62. The van der Waals surface area contributed by atoms with E-state index in [0.29, 0.717) is 6.54 Å². The standard InChI is InChI=1S/C8H14F3NO3/c1-2-12(3-4-13)7(14)5-15-6-8(9,10)11/h13H,2-6H2,1H3. The second-order valence-corrected chi connectivity index (χ2v) is 2.80. The van der Waals surface area contributed by atoms with Crippen LogP contribution in [0.25, 0.3) is 0 Å². The number of ether oxygens (including phenoxy) is 1. The van der Waals surface area contributed by atoms with Crippen molar-refractivity contribution < 1.29 is 27.8 Å². The van der Waals surface area contributed by atoms with Gasteiger partial charge in [-0.05, 0) is 6.92 Å². The maximum absolute atomic E-state index is 11.6. The van der Waals surface area contributed by atoms with Crippen molar-refractivity contribution in [3.05, 3.63) is 0 Å². The van der Waals surface area contributed by atoms with Crippen LogP contribution in [0.2, 0.25) is 0 Å². The first-order valence-corrected chi connectivity index (χ1v) is 4.43. The van der Waals surface area contributed by atoms with Crippen LogP contribution in [0.5, 0.6) is 0 Å². The summed E-state index contributed by atoms with van der Waals surface area (Å²) in [6.45, 7) is -0.182. The van der Waals surface area contributed by atoms with Gasteiger partial charge in [-0.1, -0.05) is 0 Å². The van der Waals surface area contributed by atoms with Crippen molar-refractivity contribution in [2.75, 3.05) is 32.9 Å². The third-order valence-electron chi connectivity index (χ3n) is 1.60. The third kappa shape index (κ3) is 7.15. The van der Waals surface area contributed by atoms with Crippen LogP contribution >= 0.6 is 0 Å². The van der Waals surface area contributed by atoms with Crippen molar-refractivity contribution in [3.63, 3.8) is 0 Å². The smallest absolute Gasteiger partial charge is 0.395 e. The zero-order valence-corrected chi connectivity index (χ0v) is 8.38. The van der Waals surface area contributed by atoms with E-state index in [1.807, 2.05) is 0 Å². The van der Waals surface area contributed by atoms with E-state index in [9.17, 15) is 18.0 Å². The van der Waals surface area contributed by atoms with Crippen LogP contribution in [0.3, 0.4) is 0 Å². The van der Waals surface area contributed by atoms with Crippen molar-refractivity contribution in [1.29, 1.82) is 0 Å². The number of amides is 1. The summed E-state index contributed by atoms with van der Waals surface area (Å²) >= 11 is 0. The zero-order chi connectivity index (χ0) is 11.9. The SMILES string of the molecule is CCN(CCO)C(=O)COCC(F)(F)F. The highest BCUT2D eigenvalue weighted by Crippen LogP contribution is 2.14. The molecule has 0 spiro atoms. The highest BCUT2D eigenvalue weighted by Gasteiger charge is 2.28. The van der Waals surface area contributed by atoms with Crippen LogP contribution in [0, 0.1) is 0 Å². The first-order valence-electron chi connectivity index (χ1n) is 4.43. The van der Waals surface area contributed by atoms with Crippen molar-refractivity contribution >= 4 is 5.91 Å². The Morgan fingerprint density at radius 1 is 1.47 bits per heavy atom. The molecule has 0 rings (SSSR count). The van der Waals surface area contributed by atoms with Gasteiger partial charge in [0.05, 0.1) is 6.61 Å². The minimum absolute atomic E-state index is 0.102. The summed E-state index contributed by atoms with van der Waals surface area (Å²) < 4.78 is 39.1. The van der Waals surface area contributed by atoms with Gasteiger partial charge in [0.1, 0.15) is 13.2 Å². The van der Waals surface area contributed by atoms with Gasteiger partial charge in [0, 0.05) is 13.1 Å². The van der Waals surface area contributed by atoms with Gasteiger partial charge < -0.3 is 14.7 Å². The molecule has 0 saturated carbocycles. The molecule has 0 aromatic heterocycles. The fourth-order valence-electron chi connectivity index (χ4n) is 0.925. The molecule has 0 bridgehead atoms. The number of rotatable bonds is 6. The maximum Gasteiger partial charge on any atom is 0.411 e. The van der Waals surface area contributed by atoms with E-state index in [1.54, 1.807) is 6.92 Å². The Balaban J connectivity index is 3.81. The van der Waals surface area contributed by atoms with Gasteiger partial charge >= 0.3 is 6.18 Å². The molecule has 0 aliphatic rings. The minimum atomic E-state index is -4.42. The number of likely N-dealkylation sites (N-methyl/N-ethyl adjacent to an activating group) is 1. The molecular formula is C8H14F3NO3. The fraction of sp³-hybridized carbons (Fsp3) is 0.875. The van der Waals surface area contributed by atoms with Gasteiger partial charge in [-0.25, -0.2) is 0 Å². The Morgan fingerprint density at radius 3 is 2.47 bits per heavy atom. The van der Waals surface area contributed by atoms with E-state index in [4.69, 9.17) is 5.11 Å². The maximum atomic E-state index is 11.6. The first-order chi connectivity index (χ1) is 6.90. The predicted molar refractivity (Wildman–Crippen MR) is 46.2 cm³/mol. The predicted octanol–water partition coefficient (Wildman–Crippen LogP) is 0.406. The van der Waals surface area contributed by atoms with Gasteiger partial charge in [0.15, 0.2) is 0 Å². The Bertz CT molecular complexity index is 196. The zero-order valence-electron chi connectivity index (χ0n) is 8.38. The number of carbonyl (C=O) groups is 1. The summed E-state index contributed by atoms with van der Waals surface area (Å²) in [5.74, 6) is -0.559. The number of hydrogen-bond donors (Lipinski definition) is 1. The molecule has 7 heteroatoms. The van der Waals surface area contributed by atoms with Gasteiger partial charge in [0.25, 0.3) is 0 Å². The topological polar surface area (TPSA) is 49.8 Å². The molecule has 15 heavy (non-hydrogen) atoms. The summed E-state index contributed by atoms with van der Waals surface area (Å²) in [6.07, 6.45) is -4.42. The highest BCUT2D eigenvalue weighted by atomic mass is 19.4. The molecule has 0 heterocycles. The molecule has 0 aliphatic carbocycles. The lowest BCUT2D eigenvalue weighted by Gasteiger charge is -2.19. The fourth-order valence-corrected chi connectivity index (χ4v) is 0.925. The Morgan fingerprint density at radius 2 is 2.07 bits per heavy atom. The van der Waals surface area contributed by atoms with Crippen LogP contribution < -0.4 is 0 Å². The van der Waals surface area contributed by atoms with E-state index in [2.05, 4.69) is 4.74 Å². The van der Waals surface area contributed by atoms with Crippen LogP contribution in [0.4, 0.5) is 13.2 Å².